The van der Waals surface area contributed by atoms with Gasteiger partial charge in [0.05, 0.1) is 0 Å². The summed E-state index contributed by atoms with van der Waals surface area (Å²) >= 11 is 9.88. The molecule has 6 heteroatoms. The summed E-state index contributed by atoms with van der Waals surface area (Å²) in [5.41, 5.74) is 2.57. The molecule has 2 N–H and O–H groups in total. The second-order valence-electron chi connectivity index (χ2n) is 7.54. The van der Waals surface area contributed by atoms with E-state index in [9.17, 15) is 15.0 Å². The van der Waals surface area contributed by atoms with E-state index >= 15 is 0 Å². The minimum Gasteiger partial charge on any atom is -0.508 e. The Balaban J connectivity index is 1.78. The fourth-order valence-corrected chi connectivity index (χ4v) is 5.18. The number of phenolic OH excluding ortho intramolecular Hbond substituents is 1. The van der Waals surface area contributed by atoms with Gasteiger partial charge in [0.15, 0.2) is 0 Å². The average Bonchev–Trinajstić information content (AvgIpc) is 3.15. The van der Waals surface area contributed by atoms with Crippen LogP contribution in [0.15, 0.2) is 77.3 Å². The molecule has 3 aromatic rings. The molecule has 3 unspecified atom stereocenters. The molecule has 0 radical (unpaired) electrons. The minimum absolute atomic E-state index is 0.00416. The number of halogens is 2. The average molecular weight is 487 g/mol. The number of carboxylic acids is 1. The van der Waals surface area contributed by atoms with Gasteiger partial charge in [0.25, 0.3) is 0 Å². The van der Waals surface area contributed by atoms with Crippen molar-refractivity contribution in [1.82, 2.24) is 4.90 Å². The molecule has 0 spiro atoms. The Morgan fingerprint density at radius 1 is 0.967 bits per heavy atom. The molecule has 0 saturated carbocycles. The van der Waals surface area contributed by atoms with Gasteiger partial charge in [-0.25, -0.2) is 0 Å². The van der Waals surface area contributed by atoms with E-state index in [-0.39, 0.29) is 17.6 Å². The van der Waals surface area contributed by atoms with Gasteiger partial charge in [0.1, 0.15) is 11.8 Å². The Bertz CT molecular complexity index is 1060. The number of hydrogen-bond acceptors (Lipinski definition) is 3. The first-order valence-corrected chi connectivity index (χ1v) is 10.9. The van der Waals surface area contributed by atoms with Crippen molar-refractivity contribution >= 4 is 33.5 Å². The van der Waals surface area contributed by atoms with Gasteiger partial charge in [0, 0.05) is 40.0 Å². The SMILES string of the molecule is O=C(O)C(c1ccccc1)N1CC(c2cc(Cl)ccc2O)C(c2ccccc2Br)C1. The number of benzene rings is 3. The van der Waals surface area contributed by atoms with Gasteiger partial charge in [-0.1, -0.05) is 76.1 Å². The first kappa shape index (κ1) is 20.9. The number of hydrogen-bond donors (Lipinski definition) is 2. The van der Waals surface area contributed by atoms with E-state index in [4.69, 9.17) is 11.6 Å². The number of nitrogens with zero attached hydrogens (tertiary/aromatic N) is 1. The summed E-state index contributed by atoms with van der Waals surface area (Å²) in [5.74, 6) is -0.818. The van der Waals surface area contributed by atoms with Crippen LogP contribution < -0.4 is 0 Å². The fraction of sp³-hybridized carbons (Fsp3) is 0.208. The molecular weight excluding hydrogens is 466 g/mol. The predicted octanol–water partition coefficient (Wildman–Crippen LogP) is 5.82. The van der Waals surface area contributed by atoms with Crippen LogP contribution in [0.25, 0.3) is 0 Å². The van der Waals surface area contributed by atoms with Gasteiger partial charge in [-0.3, -0.25) is 9.69 Å². The Morgan fingerprint density at radius 2 is 1.60 bits per heavy atom. The van der Waals surface area contributed by atoms with Gasteiger partial charge in [-0.05, 0) is 35.4 Å². The highest BCUT2D eigenvalue weighted by Crippen LogP contribution is 2.47. The number of carbonyl (C=O) groups is 1. The Labute approximate surface area is 188 Å². The number of carboxylic acid groups (broad SMARTS) is 1. The lowest BCUT2D eigenvalue weighted by molar-refractivity contribution is -0.143. The molecular formula is C24H21BrClNO3. The third-order valence-corrected chi connectivity index (χ3v) is 6.71. The molecule has 30 heavy (non-hydrogen) atoms. The number of likely N-dealkylation sites (tertiary alicyclic amines) is 1. The van der Waals surface area contributed by atoms with Gasteiger partial charge in [-0.2, -0.15) is 0 Å². The van der Waals surface area contributed by atoms with Gasteiger partial charge < -0.3 is 10.2 Å². The second kappa shape index (κ2) is 8.80. The van der Waals surface area contributed by atoms with Gasteiger partial charge >= 0.3 is 5.97 Å². The molecule has 154 valence electrons. The molecule has 1 aliphatic heterocycles. The van der Waals surface area contributed by atoms with Crippen molar-refractivity contribution in [2.75, 3.05) is 13.1 Å². The number of rotatable bonds is 5. The molecule has 0 amide bonds. The molecule has 0 aromatic heterocycles. The molecule has 1 heterocycles. The summed E-state index contributed by atoms with van der Waals surface area (Å²) in [6.45, 7) is 1.04. The zero-order chi connectivity index (χ0) is 21.3. The predicted molar refractivity (Wildman–Crippen MR) is 121 cm³/mol. The topological polar surface area (TPSA) is 60.8 Å². The quantitative estimate of drug-likeness (QED) is 0.477. The normalized spacial score (nSPS) is 20.2. The lowest BCUT2D eigenvalue weighted by Crippen LogP contribution is -2.32. The molecule has 3 aromatic carbocycles. The zero-order valence-corrected chi connectivity index (χ0v) is 18.4. The van der Waals surface area contributed by atoms with E-state index in [1.54, 1.807) is 18.2 Å². The van der Waals surface area contributed by atoms with E-state index in [2.05, 4.69) is 15.9 Å². The molecule has 4 nitrogen and oxygen atoms in total. The van der Waals surface area contributed by atoms with E-state index in [1.165, 1.54) is 0 Å². The lowest BCUT2D eigenvalue weighted by atomic mass is 9.84. The van der Waals surface area contributed by atoms with Crippen LogP contribution >= 0.6 is 27.5 Å². The zero-order valence-electron chi connectivity index (χ0n) is 16.1. The second-order valence-corrected chi connectivity index (χ2v) is 8.83. The highest BCUT2D eigenvalue weighted by molar-refractivity contribution is 9.10. The summed E-state index contributed by atoms with van der Waals surface area (Å²) in [6, 6.07) is 21.5. The molecule has 3 atom stereocenters. The molecule has 1 aliphatic rings. The highest BCUT2D eigenvalue weighted by atomic mass is 79.9. The number of aliphatic carboxylic acids is 1. The van der Waals surface area contributed by atoms with Crippen molar-refractivity contribution in [3.05, 3.63) is 99.0 Å². The smallest absolute Gasteiger partial charge is 0.325 e. The lowest BCUT2D eigenvalue weighted by Gasteiger charge is -2.25. The van der Waals surface area contributed by atoms with Crippen molar-refractivity contribution < 1.29 is 15.0 Å². The van der Waals surface area contributed by atoms with Crippen LogP contribution in [0, 0.1) is 0 Å². The van der Waals surface area contributed by atoms with Crippen LogP contribution in [-0.2, 0) is 4.79 Å². The first-order chi connectivity index (χ1) is 14.5. The number of aromatic hydroxyl groups is 1. The van der Waals surface area contributed by atoms with Crippen LogP contribution in [0.1, 0.15) is 34.6 Å². The van der Waals surface area contributed by atoms with Crippen LogP contribution in [0.3, 0.4) is 0 Å². The fourth-order valence-electron chi connectivity index (χ4n) is 4.42. The van der Waals surface area contributed by atoms with E-state index in [0.29, 0.717) is 18.1 Å². The van der Waals surface area contributed by atoms with E-state index in [1.807, 2.05) is 59.5 Å². The largest absolute Gasteiger partial charge is 0.508 e. The van der Waals surface area contributed by atoms with Crippen molar-refractivity contribution in [3.63, 3.8) is 0 Å². The minimum atomic E-state index is -0.886. The van der Waals surface area contributed by atoms with Gasteiger partial charge in [-0.15, -0.1) is 0 Å². The van der Waals surface area contributed by atoms with Crippen molar-refractivity contribution in [3.8, 4) is 5.75 Å². The van der Waals surface area contributed by atoms with Crippen molar-refractivity contribution in [2.24, 2.45) is 0 Å². The number of phenols is 1. The Hall–Kier alpha value is -2.34. The van der Waals surface area contributed by atoms with Crippen molar-refractivity contribution in [2.45, 2.75) is 17.9 Å². The monoisotopic (exact) mass is 485 g/mol. The Kier molecular flexibility index (Phi) is 6.14. The summed E-state index contributed by atoms with van der Waals surface area (Å²) in [5, 5.41) is 21.2. The highest BCUT2D eigenvalue weighted by Gasteiger charge is 2.42. The maximum atomic E-state index is 12.2. The standard InChI is InChI=1S/C24H21BrClNO3/c25-21-9-5-4-8-17(21)19-13-27(23(24(29)30)15-6-2-1-3-7-15)14-20(19)18-12-16(26)10-11-22(18)28/h1-12,19-20,23,28H,13-14H2,(H,29,30). The van der Waals surface area contributed by atoms with Crippen LogP contribution in [0.4, 0.5) is 0 Å². The first-order valence-electron chi connectivity index (χ1n) is 9.70. The molecule has 4 rings (SSSR count). The van der Waals surface area contributed by atoms with Crippen LogP contribution in [0.5, 0.6) is 5.75 Å². The summed E-state index contributed by atoms with van der Waals surface area (Å²) in [7, 11) is 0. The van der Waals surface area contributed by atoms with Gasteiger partial charge in [0.2, 0.25) is 0 Å². The third kappa shape index (κ3) is 4.10. The third-order valence-electron chi connectivity index (χ3n) is 5.76. The van der Waals surface area contributed by atoms with E-state index < -0.39 is 12.0 Å². The van der Waals surface area contributed by atoms with E-state index in [0.717, 1.165) is 21.2 Å². The maximum absolute atomic E-state index is 12.2. The van der Waals surface area contributed by atoms with Crippen molar-refractivity contribution in [1.29, 1.82) is 0 Å². The maximum Gasteiger partial charge on any atom is 0.325 e. The van der Waals surface area contributed by atoms with Crippen LogP contribution in [0.2, 0.25) is 5.02 Å². The Morgan fingerprint density at radius 3 is 2.27 bits per heavy atom. The summed E-state index contributed by atoms with van der Waals surface area (Å²) in [4.78, 5) is 14.2. The summed E-state index contributed by atoms with van der Waals surface area (Å²) in [6.07, 6.45) is 0. The molecule has 1 saturated heterocycles. The summed E-state index contributed by atoms with van der Waals surface area (Å²) < 4.78 is 0.968. The molecule has 1 fully saturated rings. The molecule has 0 bridgehead atoms. The molecule has 0 aliphatic carbocycles. The van der Waals surface area contributed by atoms with Crippen LogP contribution in [-0.4, -0.2) is 34.2 Å².